The summed E-state index contributed by atoms with van der Waals surface area (Å²) >= 11 is 0. The Hall–Kier alpha value is -0.540. The van der Waals surface area contributed by atoms with Gasteiger partial charge >= 0.3 is 0 Å². The molecule has 2 rings (SSSR count). The third-order valence-electron chi connectivity index (χ3n) is 1.90. The van der Waals surface area contributed by atoms with E-state index in [2.05, 4.69) is 10.5 Å². The summed E-state index contributed by atoms with van der Waals surface area (Å²) in [6.07, 6.45) is 1.06. The van der Waals surface area contributed by atoms with Crippen LogP contribution in [-0.2, 0) is 13.0 Å². The Morgan fingerprint density at radius 2 is 2.36 bits per heavy atom. The highest BCUT2D eigenvalue weighted by Crippen LogP contribution is 2.16. The monoisotopic (exact) mass is 174 g/mol. The van der Waals surface area contributed by atoms with E-state index in [-0.39, 0.29) is 12.4 Å². The van der Waals surface area contributed by atoms with E-state index in [1.165, 1.54) is 5.56 Å². The summed E-state index contributed by atoms with van der Waals surface area (Å²) in [5, 5.41) is 7.10. The molecule has 2 heterocycles. The third kappa shape index (κ3) is 1.39. The number of halogens is 1. The highest BCUT2D eigenvalue weighted by molar-refractivity contribution is 5.85. The topological polar surface area (TPSA) is 38.1 Å². The van der Waals surface area contributed by atoms with E-state index in [0.29, 0.717) is 0 Å². The van der Waals surface area contributed by atoms with Crippen molar-refractivity contribution in [1.29, 1.82) is 0 Å². The molecule has 62 valence electrons. The van der Waals surface area contributed by atoms with E-state index in [1.807, 2.05) is 6.92 Å². The van der Waals surface area contributed by atoms with Crippen LogP contribution < -0.4 is 5.32 Å². The van der Waals surface area contributed by atoms with Crippen LogP contribution in [-0.4, -0.2) is 11.7 Å². The summed E-state index contributed by atoms with van der Waals surface area (Å²) in [5.41, 5.74) is 2.36. The van der Waals surface area contributed by atoms with E-state index >= 15 is 0 Å². The number of rotatable bonds is 0. The minimum atomic E-state index is 0. The van der Waals surface area contributed by atoms with Crippen molar-refractivity contribution in [3.63, 3.8) is 0 Å². The lowest BCUT2D eigenvalue weighted by molar-refractivity contribution is 0.363. The van der Waals surface area contributed by atoms with Crippen molar-refractivity contribution < 1.29 is 4.52 Å². The second kappa shape index (κ2) is 3.24. The molecule has 0 fully saturated rings. The Labute approximate surface area is 71.6 Å². The zero-order valence-corrected chi connectivity index (χ0v) is 7.20. The molecule has 0 amide bonds. The van der Waals surface area contributed by atoms with Crippen LogP contribution in [0.2, 0.25) is 0 Å². The lowest BCUT2D eigenvalue weighted by atomic mass is 10.1. The van der Waals surface area contributed by atoms with Gasteiger partial charge in [0.25, 0.3) is 0 Å². The summed E-state index contributed by atoms with van der Waals surface area (Å²) < 4.78 is 5.07. The smallest absolute Gasteiger partial charge is 0.153 e. The van der Waals surface area contributed by atoms with Gasteiger partial charge in [-0.05, 0) is 19.9 Å². The van der Waals surface area contributed by atoms with Gasteiger partial charge in [-0.25, -0.2) is 0 Å². The van der Waals surface area contributed by atoms with E-state index in [1.54, 1.807) is 0 Å². The first-order valence-corrected chi connectivity index (χ1v) is 3.52. The Morgan fingerprint density at radius 1 is 1.55 bits per heavy atom. The summed E-state index contributed by atoms with van der Waals surface area (Å²) in [6.45, 7) is 3.89. The second-order valence-corrected chi connectivity index (χ2v) is 2.60. The lowest BCUT2D eigenvalue weighted by Crippen LogP contribution is -2.22. The summed E-state index contributed by atoms with van der Waals surface area (Å²) in [4.78, 5) is 0. The maximum Gasteiger partial charge on any atom is 0.153 e. The zero-order chi connectivity index (χ0) is 6.97. The van der Waals surface area contributed by atoms with Gasteiger partial charge in [0, 0.05) is 5.56 Å². The number of nitrogens with zero attached hydrogens (tertiary/aromatic N) is 1. The molecule has 1 aromatic heterocycles. The molecule has 0 bridgehead atoms. The van der Waals surface area contributed by atoms with E-state index in [4.69, 9.17) is 4.52 Å². The van der Waals surface area contributed by atoms with Crippen molar-refractivity contribution in [3.05, 3.63) is 17.0 Å². The maximum atomic E-state index is 5.07. The maximum absolute atomic E-state index is 5.07. The van der Waals surface area contributed by atoms with Gasteiger partial charge in [-0.3, -0.25) is 0 Å². The zero-order valence-electron chi connectivity index (χ0n) is 6.39. The predicted molar refractivity (Wildman–Crippen MR) is 43.9 cm³/mol. The number of fused-ring (bicyclic) bond motifs is 1. The number of aryl methyl sites for hydroxylation is 1. The van der Waals surface area contributed by atoms with Crippen LogP contribution in [0.1, 0.15) is 17.0 Å². The molecule has 0 saturated heterocycles. The van der Waals surface area contributed by atoms with Crippen molar-refractivity contribution in [2.45, 2.75) is 19.9 Å². The molecule has 1 aliphatic heterocycles. The molecule has 0 spiro atoms. The Bertz CT molecular complexity index is 247. The number of hydrogen-bond donors (Lipinski definition) is 1. The van der Waals surface area contributed by atoms with Gasteiger partial charge in [0.15, 0.2) is 5.76 Å². The predicted octanol–water partition coefficient (Wildman–Crippen LogP) is 1.05. The molecule has 3 nitrogen and oxygen atoms in total. The minimum absolute atomic E-state index is 0. The highest BCUT2D eigenvalue weighted by Gasteiger charge is 2.15. The van der Waals surface area contributed by atoms with Gasteiger partial charge in [0.05, 0.1) is 12.2 Å². The normalized spacial score (nSPS) is 15.4. The molecular weight excluding hydrogens is 164 g/mol. The molecule has 0 saturated carbocycles. The van der Waals surface area contributed by atoms with Crippen LogP contribution in [0.4, 0.5) is 0 Å². The van der Waals surface area contributed by atoms with Gasteiger partial charge in [0.1, 0.15) is 0 Å². The van der Waals surface area contributed by atoms with Crippen LogP contribution in [0.25, 0.3) is 0 Å². The molecule has 0 aromatic carbocycles. The van der Waals surface area contributed by atoms with Crippen LogP contribution in [0, 0.1) is 6.92 Å². The van der Waals surface area contributed by atoms with Gasteiger partial charge in [0.2, 0.25) is 0 Å². The quantitative estimate of drug-likeness (QED) is 0.639. The van der Waals surface area contributed by atoms with E-state index in [0.717, 1.165) is 31.0 Å². The molecule has 0 atom stereocenters. The fourth-order valence-electron chi connectivity index (χ4n) is 1.31. The Morgan fingerprint density at radius 3 is 3.09 bits per heavy atom. The molecule has 0 unspecified atom stereocenters. The lowest BCUT2D eigenvalue weighted by Gasteiger charge is -2.09. The standard InChI is InChI=1S/C7H10N2O.ClH/c1-5-6-2-3-8-4-7(6)10-9-5;/h8H,2-4H2,1H3;1H. The first-order valence-electron chi connectivity index (χ1n) is 3.52. The van der Waals surface area contributed by atoms with Crippen LogP contribution in [0.15, 0.2) is 4.52 Å². The van der Waals surface area contributed by atoms with Gasteiger partial charge in [-0.1, -0.05) is 5.16 Å². The molecule has 1 N–H and O–H groups in total. The average molecular weight is 175 g/mol. The van der Waals surface area contributed by atoms with Gasteiger partial charge < -0.3 is 9.84 Å². The van der Waals surface area contributed by atoms with Crippen molar-refractivity contribution in [2.75, 3.05) is 6.54 Å². The average Bonchev–Trinajstić information content (AvgIpc) is 2.34. The number of hydrogen-bond acceptors (Lipinski definition) is 3. The third-order valence-corrected chi connectivity index (χ3v) is 1.90. The largest absolute Gasteiger partial charge is 0.359 e. The summed E-state index contributed by atoms with van der Waals surface area (Å²) in [7, 11) is 0. The molecular formula is C7H11ClN2O. The fourth-order valence-corrected chi connectivity index (χ4v) is 1.31. The van der Waals surface area contributed by atoms with E-state index < -0.39 is 0 Å². The van der Waals surface area contributed by atoms with Crippen molar-refractivity contribution in [2.24, 2.45) is 0 Å². The van der Waals surface area contributed by atoms with Crippen molar-refractivity contribution >= 4 is 12.4 Å². The van der Waals surface area contributed by atoms with Crippen LogP contribution >= 0.6 is 12.4 Å². The van der Waals surface area contributed by atoms with Crippen LogP contribution in [0.5, 0.6) is 0 Å². The van der Waals surface area contributed by atoms with Crippen LogP contribution in [0.3, 0.4) is 0 Å². The second-order valence-electron chi connectivity index (χ2n) is 2.60. The van der Waals surface area contributed by atoms with Gasteiger partial charge in [-0.15, -0.1) is 12.4 Å². The first kappa shape index (κ1) is 8.56. The molecule has 0 radical (unpaired) electrons. The number of aromatic nitrogens is 1. The molecule has 1 aliphatic rings. The number of nitrogens with one attached hydrogen (secondary N) is 1. The van der Waals surface area contributed by atoms with E-state index in [9.17, 15) is 0 Å². The molecule has 1 aromatic rings. The highest BCUT2D eigenvalue weighted by atomic mass is 35.5. The van der Waals surface area contributed by atoms with Gasteiger partial charge in [-0.2, -0.15) is 0 Å². The molecule has 4 heteroatoms. The summed E-state index contributed by atoms with van der Waals surface area (Å²) in [5.74, 6) is 1.02. The Balaban J connectivity index is 0.000000605. The molecule has 0 aliphatic carbocycles. The fraction of sp³-hybridized carbons (Fsp3) is 0.571. The minimum Gasteiger partial charge on any atom is -0.359 e. The SMILES string of the molecule is Cc1noc2c1CCNC2.Cl. The molecule has 11 heavy (non-hydrogen) atoms. The Kier molecular flexibility index (Phi) is 2.52. The summed E-state index contributed by atoms with van der Waals surface area (Å²) in [6, 6.07) is 0. The van der Waals surface area contributed by atoms with Crippen molar-refractivity contribution in [1.82, 2.24) is 10.5 Å². The first-order chi connectivity index (χ1) is 4.88. The van der Waals surface area contributed by atoms with Crippen molar-refractivity contribution in [3.8, 4) is 0 Å².